The van der Waals surface area contributed by atoms with Gasteiger partial charge in [-0.05, 0) is 44.1 Å². The van der Waals surface area contributed by atoms with Crippen molar-refractivity contribution < 1.29 is 19.8 Å². The van der Waals surface area contributed by atoms with Crippen molar-refractivity contribution in [1.82, 2.24) is 0 Å². The van der Waals surface area contributed by atoms with Gasteiger partial charge in [-0.15, -0.1) is 0 Å². The first-order valence-electron chi connectivity index (χ1n) is 9.29. The van der Waals surface area contributed by atoms with Gasteiger partial charge in [0.1, 0.15) is 0 Å². The van der Waals surface area contributed by atoms with E-state index in [-0.39, 0.29) is 24.0 Å². The molecule has 2 N–H and O–H groups in total. The molecule has 0 saturated carbocycles. The van der Waals surface area contributed by atoms with Crippen LogP contribution in [0.25, 0.3) is 0 Å². The van der Waals surface area contributed by atoms with Crippen molar-refractivity contribution in [3.8, 4) is 0 Å². The molecule has 1 aliphatic carbocycles. The Morgan fingerprint density at radius 2 is 1.81 bits per heavy atom. The summed E-state index contributed by atoms with van der Waals surface area (Å²) in [7, 11) is 0. The lowest BCUT2D eigenvalue weighted by Gasteiger charge is -2.14. The Morgan fingerprint density at radius 3 is 2.46 bits per heavy atom. The predicted octanol–water partition coefficient (Wildman–Crippen LogP) is 4.39. The van der Waals surface area contributed by atoms with Crippen LogP contribution in [0.1, 0.15) is 45.4 Å². The molecule has 0 aromatic heterocycles. The Labute approximate surface area is 156 Å². The maximum Gasteiger partial charge on any atom is 0.303 e. The molecule has 0 fully saturated rings. The highest BCUT2D eigenvalue weighted by Crippen LogP contribution is 2.28. The molecule has 0 heterocycles. The van der Waals surface area contributed by atoms with E-state index in [1.807, 2.05) is 12.2 Å². The van der Waals surface area contributed by atoms with Gasteiger partial charge in [-0.2, -0.15) is 0 Å². The summed E-state index contributed by atoms with van der Waals surface area (Å²) in [5, 5.41) is 18.8. The van der Waals surface area contributed by atoms with Crippen molar-refractivity contribution >= 4 is 11.8 Å². The normalized spacial score (nSPS) is 21.8. The lowest BCUT2D eigenvalue weighted by Crippen LogP contribution is -2.15. The molecule has 0 spiro atoms. The van der Waals surface area contributed by atoms with Crippen LogP contribution in [0.2, 0.25) is 0 Å². The van der Waals surface area contributed by atoms with E-state index in [1.165, 1.54) is 6.08 Å². The fourth-order valence-corrected chi connectivity index (χ4v) is 2.73. The summed E-state index contributed by atoms with van der Waals surface area (Å²) in [5.74, 6) is -1.33. The number of carboxylic acid groups (broad SMARTS) is 1. The minimum absolute atomic E-state index is 0.0263. The number of aliphatic hydroxyl groups excluding tert-OH is 1. The van der Waals surface area contributed by atoms with E-state index in [2.05, 4.69) is 31.2 Å². The number of hydrogen-bond acceptors (Lipinski definition) is 3. The van der Waals surface area contributed by atoms with Gasteiger partial charge in [-0.25, -0.2) is 0 Å². The molecular formula is C22H30O4. The molecular weight excluding hydrogens is 328 g/mol. The molecule has 0 aromatic carbocycles. The van der Waals surface area contributed by atoms with E-state index < -0.39 is 12.1 Å². The topological polar surface area (TPSA) is 74.6 Å². The summed E-state index contributed by atoms with van der Waals surface area (Å²) in [6.07, 6.45) is 22.2. The zero-order valence-electron chi connectivity index (χ0n) is 15.5. The highest BCUT2D eigenvalue weighted by molar-refractivity contribution is 5.95. The van der Waals surface area contributed by atoms with Crippen molar-refractivity contribution in [3.63, 3.8) is 0 Å². The van der Waals surface area contributed by atoms with Gasteiger partial charge < -0.3 is 10.2 Å². The summed E-state index contributed by atoms with van der Waals surface area (Å²) in [6, 6.07) is 0. The minimum atomic E-state index is -0.860. The van der Waals surface area contributed by atoms with Crippen LogP contribution in [0.4, 0.5) is 0 Å². The van der Waals surface area contributed by atoms with Gasteiger partial charge in [-0.3, -0.25) is 9.59 Å². The number of carbonyl (C=O) groups is 2. The van der Waals surface area contributed by atoms with Crippen molar-refractivity contribution in [2.75, 3.05) is 0 Å². The molecule has 4 heteroatoms. The van der Waals surface area contributed by atoms with Crippen molar-refractivity contribution in [2.24, 2.45) is 11.8 Å². The highest BCUT2D eigenvalue weighted by Gasteiger charge is 2.28. The van der Waals surface area contributed by atoms with E-state index in [4.69, 9.17) is 5.11 Å². The van der Waals surface area contributed by atoms with Gasteiger partial charge in [0.25, 0.3) is 0 Å². The SMILES string of the molecule is CC/C=C\C/C=C/C/C=C\C[C@@H](O)/C=C/[C@@H]1C(=O)C=C[C@H]1CCC(=O)O. The van der Waals surface area contributed by atoms with Gasteiger partial charge in [0.05, 0.1) is 6.10 Å². The molecule has 1 rings (SSSR count). The standard InChI is InChI=1S/C22H30O4/c1-2-3-4-5-6-7-8-9-10-11-19(23)14-15-20-18(12-16-21(20)24)13-17-22(25)26/h3-4,6-7,9-10,12,14-16,18-20,23H,2,5,8,11,13,17H2,1H3,(H,25,26)/b4-3-,7-6+,10-9-,15-14+/t18-,19+,20-/m0/s1. The first-order chi connectivity index (χ1) is 12.5. The molecule has 0 amide bonds. The average Bonchev–Trinajstić information content (AvgIpc) is 2.96. The fourth-order valence-electron chi connectivity index (χ4n) is 2.73. The summed E-state index contributed by atoms with van der Waals surface area (Å²) in [5.41, 5.74) is 0. The van der Waals surface area contributed by atoms with Crippen molar-refractivity contribution in [3.05, 3.63) is 60.8 Å². The zero-order valence-corrected chi connectivity index (χ0v) is 15.5. The number of aliphatic hydroxyl groups is 1. The Balaban J connectivity index is 2.33. The number of aliphatic carboxylic acids is 1. The monoisotopic (exact) mass is 358 g/mol. The number of ketones is 1. The molecule has 0 aromatic rings. The summed E-state index contributed by atoms with van der Waals surface area (Å²) >= 11 is 0. The third kappa shape index (κ3) is 9.33. The average molecular weight is 358 g/mol. The second-order valence-electron chi connectivity index (χ2n) is 6.37. The molecule has 4 nitrogen and oxygen atoms in total. The Kier molecular flexibility index (Phi) is 11.0. The van der Waals surface area contributed by atoms with Crippen LogP contribution >= 0.6 is 0 Å². The van der Waals surface area contributed by atoms with Crippen LogP contribution in [-0.2, 0) is 9.59 Å². The van der Waals surface area contributed by atoms with Crippen LogP contribution in [-0.4, -0.2) is 28.1 Å². The molecule has 0 bridgehead atoms. The molecule has 142 valence electrons. The lowest BCUT2D eigenvalue weighted by molar-refractivity contribution is -0.137. The first kappa shape index (κ1) is 21.8. The predicted molar refractivity (Wildman–Crippen MR) is 105 cm³/mol. The van der Waals surface area contributed by atoms with E-state index in [9.17, 15) is 14.7 Å². The maximum atomic E-state index is 11.9. The number of carbonyl (C=O) groups excluding carboxylic acids is 1. The molecule has 3 atom stereocenters. The van der Waals surface area contributed by atoms with Crippen LogP contribution in [0, 0.1) is 11.8 Å². The molecule has 0 aliphatic heterocycles. The molecule has 0 saturated heterocycles. The van der Waals surface area contributed by atoms with Crippen LogP contribution in [0.3, 0.4) is 0 Å². The Hall–Kier alpha value is -2.20. The molecule has 1 aliphatic rings. The van der Waals surface area contributed by atoms with Crippen molar-refractivity contribution in [1.29, 1.82) is 0 Å². The van der Waals surface area contributed by atoms with Crippen molar-refractivity contribution in [2.45, 2.75) is 51.6 Å². The molecule has 0 unspecified atom stereocenters. The summed E-state index contributed by atoms with van der Waals surface area (Å²) in [4.78, 5) is 22.6. The summed E-state index contributed by atoms with van der Waals surface area (Å²) < 4.78 is 0. The number of hydrogen-bond donors (Lipinski definition) is 2. The van der Waals surface area contributed by atoms with E-state index in [0.29, 0.717) is 12.8 Å². The van der Waals surface area contributed by atoms with Gasteiger partial charge in [-0.1, -0.05) is 61.6 Å². The first-order valence-corrected chi connectivity index (χ1v) is 9.29. The van der Waals surface area contributed by atoms with Gasteiger partial charge in [0.15, 0.2) is 5.78 Å². The van der Waals surface area contributed by atoms with Crippen LogP contribution < -0.4 is 0 Å². The Bertz CT molecular complexity index is 581. The fraction of sp³-hybridized carbons (Fsp3) is 0.455. The maximum absolute atomic E-state index is 11.9. The molecule has 26 heavy (non-hydrogen) atoms. The van der Waals surface area contributed by atoms with E-state index >= 15 is 0 Å². The summed E-state index contributed by atoms with van der Waals surface area (Å²) in [6.45, 7) is 2.11. The van der Waals surface area contributed by atoms with Crippen LogP contribution in [0.5, 0.6) is 0 Å². The van der Waals surface area contributed by atoms with E-state index in [1.54, 1.807) is 18.2 Å². The zero-order chi connectivity index (χ0) is 19.2. The smallest absolute Gasteiger partial charge is 0.303 e. The van der Waals surface area contributed by atoms with Crippen LogP contribution in [0.15, 0.2) is 60.8 Å². The van der Waals surface area contributed by atoms with E-state index in [0.717, 1.165) is 19.3 Å². The van der Waals surface area contributed by atoms with Gasteiger partial charge in [0.2, 0.25) is 0 Å². The second-order valence-corrected chi connectivity index (χ2v) is 6.37. The lowest BCUT2D eigenvalue weighted by atomic mass is 9.90. The minimum Gasteiger partial charge on any atom is -0.481 e. The van der Waals surface area contributed by atoms with Gasteiger partial charge in [0, 0.05) is 12.3 Å². The number of rotatable bonds is 12. The number of carboxylic acids is 1. The van der Waals surface area contributed by atoms with Gasteiger partial charge >= 0.3 is 5.97 Å². The third-order valence-corrected chi connectivity index (χ3v) is 4.19. The third-order valence-electron chi connectivity index (χ3n) is 4.19. The largest absolute Gasteiger partial charge is 0.481 e. The highest BCUT2D eigenvalue weighted by atomic mass is 16.4. The molecule has 0 radical (unpaired) electrons. The quantitative estimate of drug-likeness (QED) is 0.507. The second kappa shape index (κ2) is 13.1. The Morgan fingerprint density at radius 1 is 1.15 bits per heavy atom. The number of allylic oxidation sites excluding steroid dienone is 8.